The molecule has 5 nitrogen and oxygen atoms in total. The minimum absolute atomic E-state index is 0.155. The topological polar surface area (TPSA) is 67.2 Å². The SMILES string of the molecule is CCC(C)C(O)CNC(=O)c1cc(C)n(-c2ccc(C)cc2)n1. The number of amides is 1. The number of aryl methyl sites for hydroxylation is 2. The van der Waals surface area contributed by atoms with Crippen molar-refractivity contribution in [1.29, 1.82) is 0 Å². The van der Waals surface area contributed by atoms with Crippen LogP contribution in [0.4, 0.5) is 0 Å². The molecule has 2 N–H and O–H groups in total. The number of nitrogens with one attached hydrogen (secondary N) is 1. The highest BCUT2D eigenvalue weighted by atomic mass is 16.3. The van der Waals surface area contributed by atoms with Gasteiger partial charge in [-0.2, -0.15) is 5.10 Å². The molecule has 1 amide bonds. The van der Waals surface area contributed by atoms with E-state index in [0.29, 0.717) is 5.69 Å². The second-order valence-electron chi connectivity index (χ2n) is 6.08. The van der Waals surface area contributed by atoms with Crippen LogP contribution in [-0.2, 0) is 0 Å². The van der Waals surface area contributed by atoms with Gasteiger partial charge >= 0.3 is 0 Å². The van der Waals surface area contributed by atoms with E-state index in [0.717, 1.165) is 17.8 Å². The van der Waals surface area contributed by atoms with Crippen LogP contribution in [-0.4, -0.2) is 33.4 Å². The Morgan fingerprint density at radius 2 is 1.96 bits per heavy atom. The number of aliphatic hydroxyl groups excluding tert-OH is 1. The average Bonchev–Trinajstić information content (AvgIpc) is 2.94. The zero-order valence-electron chi connectivity index (χ0n) is 14.2. The van der Waals surface area contributed by atoms with Crippen LogP contribution < -0.4 is 5.32 Å². The van der Waals surface area contributed by atoms with Crippen LogP contribution in [0, 0.1) is 19.8 Å². The first-order valence-electron chi connectivity index (χ1n) is 8.02. The third-order valence-electron chi connectivity index (χ3n) is 4.17. The number of aromatic nitrogens is 2. The molecule has 1 aromatic heterocycles. The first kappa shape index (κ1) is 17.2. The van der Waals surface area contributed by atoms with Gasteiger partial charge in [-0.15, -0.1) is 0 Å². The Morgan fingerprint density at radius 1 is 1.30 bits per heavy atom. The van der Waals surface area contributed by atoms with Crippen molar-refractivity contribution < 1.29 is 9.90 Å². The van der Waals surface area contributed by atoms with E-state index in [9.17, 15) is 9.90 Å². The standard InChI is InChI=1S/C18H25N3O2/c1-5-13(3)17(22)11-19-18(23)16-10-14(4)21(20-16)15-8-6-12(2)7-9-15/h6-10,13,17,22H,5,11H2,1-4H3,(H,19,23). The molecule has 0 spiro atoms. The Balaban J connectivity index is 2.08. The fourth-order valence-corrected chi connectivity index (χ4v) is 2.29. The van der Waals surface area contributed by atoms with E-state index in [4.69, 9.17) is 0 Å². The summed E-state index contributed by atoms with van der Waals surface area (Å²) >= 11 is 0. The van der Waals surface area contributed by atoms with Crippen molar-refractivity contribution in [2.45, 2.75) is 40.2 Å². The van der Waals surface area contributed by atoms with Crippen LogP contribution in [0.15, 0.2) is 30.3 Å². The van der Waals surface area contributed by atoms with Gasteiger partial charge in [-0.05, 0) is 38.0 Å². The maximum atomic E-state index is 12.2. The second kappa shape index (κ2) is 7.42. The summed E-state index contributed by atoms with van der Waals surface area (Å²) < 4.78 is 1.75. The number of carbonyl (C=O) groups excluding carboxylic acids is 1. The van der Waals surface area contributed by atoms with Gasteiger partial charge in [0.2, 0.25) is 0 Å². The van der Waals surface area contributed by atoms with Gasteiger partial charge in [0.05, 0.1) is 11.8 Å². The molecule has 0 saturated heterocycles. The summed E-state index contributed by atoms with van der Waals surface area (Å²) in [5.74, 6) is -0.108. The Morgan fingerprint density at radius 3 is 2.57 bits per heavy atom. The third kappa shape index (κ3) is 4.20. The summed E-state index contributed by atoms with van der Waals surface area (Å²) in [4.78, 5) is 12.2. The van der Waals surface area contributed by atoms with Gasteiger partial charge in [0, 0.05) is 12.2 Å². The van der Waals surface area contributed by atoms with E-state index < -0.39 is 6.10 Å². The maximum absolute atomic E-state index is 12.2. The van der Waals surface area contributed by atoms with Crippen molar-refractivity contribution >= 4 is 5.91 Å². The molecule has 2 atom stereocenters. The Bertz CT molecular complexity index is 661. The molecule has 2 rings (SSSR count). The quantitative estimate of drug-likeness (QED) is 0.861. The lowest BCUT2D eigenvalue weighted by Crippen LogP contribution is -2.35. The van der Waals surface area contributed by atoms with Gasteiger partial charge < -0.3 is 10.4 Å². The number of hydrogen-bond acceptors (Lipinski definition) is 3. The van der Waals surface area contributed by atoms with E-state index in [-0.39, 0.29) is 18.4 Å². The molecular formula is C18H25N3O2. The van der Waals surface area contributed by atoms with Crippen molar-refractivity contribution in [1.82, 2.24) is 15.1 Å². The zero-order chi connectivity index (χ0) is 17.0. The molecule has 0 aliphatic carbocycles. The molecule has 0 radical (unpaired) electrons. The number of aliphatic hydroxyl groups is 1. The zero-order valence-corrected chi connectivity index (χ0v) is 14.2. The lowest BCUT2D eigenvalue weighted by molar-refractivity contribution is 0.0845. The molecule has 5 heteroatoms. The number of carbonyl (C=O) groups is 1. The fourth-order valence-electron chi connectivity index (χ4n) is 2.29. The Labute approximate surface area is 137 Å². The molecule has 2 aromatic rings. The molecule has 1 heterocycles. The molecule has 0 aliphatic heterocycles. The second-order valence-corrected chi connectivity index (χ2v) is 6.08. The van der Waals surface area contributed by atoms with Gasteiger partial charge in [-0.25, -0.2) is 4.68 Å². The predicted molar refractivity (Wildman–Crippen MR) is 90.8 cm³/mol. The van der Waals surface area contributed by atoms with Crippen molar-refractivity contribution in [3.63, 3.8) is 0 Å². The van der Waals surface area contributed by atoms with E-state index in [1.165, 1.54) is 5.56 Å². The van der Waals surface area contributed by atoms with Crippen LogP contribution in [0.25, 0.3) is 5.69 Å². The average molecular weight is 315 g/mol. The number of rotatable bonds is 6. The number of benzene rings is 1. The normalized spacial score (nSPS) is 13.6. The fraction of sp³-hybridized carbons (Fsp3) is 0.444. The summed E-state index contributed by atoms with van der Waals surface area (Å²) in [5.41, 5.74) is 3.35. The molecule has 2 unspecified atom stereocenters. The molecule has 1 aromatic carbocycles. The maximum Gasteiger partial charge on any atom is 0.271 e. The lowest BCUT2D eigenvalue weighted by atomic mass is 10.0. The smallest absolute Gasteiger partial charge is 0.271 e. The van der Waals surface area contributed by atoms with Crippen LogP contribution in [0.1, 0.15) is 42.0 Å². The van der Waals surface area contributed by atoms with Gasteiger partial charge in [0.15, 0.2) is 5.69 Å². The van der Waals surface area contributed by atoms with Gasteiger partial charge in [0.1, 0.15) is 0 Å². The number of hydrogen-bond donors (Lipinski definition) is 2. The van der Waals surface area contributed by atoms with Gasteiger partial charge in [0.25, 0.3) is 5.91 Å². The van der Waals surface area contributed by atoms with Crippen molar-refractivity contribution in [3.8, 4) is 5.69 Å². The minimum Gasteiger partial charge on any atom is -0.391 e. The summed E-state index contributed by atoms with van der Waals surface area (Å²) in [6.45, 7) is 8.17. The summed E-state index contributed by atoms with van der Waals surface area (Å²) in [6, 6.07) is 9.73. The first-order chi connectivity index (χ1) is 10.9. The van der Waals surface area contributed by atoms with Crippen molar-refractivity contribution in [2.24, 2.45) is 5.92 Å². The predicted octanol–water partition coefficient (Wildman–Crippen LogP) is 2.63. The highest BCUT2D eigenvalue weighted by Gasteiger charge is 2.17. The summed E-state index contributed by atoms with van der Waals surface area (Å²) in [5, 5.41) is 17.1. The number of nitrogens with zero attached hydrogens (tertiary/aromatic N) is 2. The van der Waals surface area contributed by atoms with Crippen molar-refractivity contribution in [2.75, 3.05) is 6.54 Å². The van der Waals surface area contributed by atoms with Gasteiger partial charge in [-0.1, -0.05) is 38.0 Å². The molecule has 23 heavy (non-hydrogen) atoms. The Kier molecular flexibility index (Phi) is 5.55. The molecule has 0 aliphatic rings. The van der Waals surface area contributed by atoms with Crippen LogP contribution in [0.3, 0.4) is 0 Å². The van der Waals surface area contributed by atoms with E-state index in [2.05, 4.69) is 10.4 Å². The van der Waals surface area contributed by atoms with E-state index >= 15 is 0 Å². The van der Waals surface area contributed by atoms with E-state index in [1.807, 2.05) is 52.0 Å². The highest BCUT2D eigenvalue weighted by molar-refractivity contribution is 5.92. The lowest BCUT2D eigenvalue weighted by Gasteiger charge is -2.17. The molecular weight excluding hydrogens is 290 g/mol. The monoisotopic (exact) mass is 315 g/mol. The largest absolute Gasteiger partial charge is 0.391 e. The minimum atomic E-state index is -0.538. The van der Waals surface area contributed by atoms with Crippen molar-refractivity contribution in [3.05, 3.63) is 47.3 Å². The van der Waals surface area contributed by atoms with Crippen LogP contribution in [0.2, 0.25) is 0 Å². The Hall–Kier alpha value is -2.14. The van der Waals surface area contributed by atoms with E-state index in [1.54, 1.807) is 10.7 Å². The molecule has 0 saturated carbocycles. The van der Waals surface area contributed by atoms with Crippen LogP contribution >= 0.6 is 0 Å². The summed E-state index contributed by atoms with van der Waals surface area (Å²) in [7, 11) is 0. The van der Waals surface area contributed by atoms with Crippen LogP contribution in [0.5, 0.6) is 0 Å². The summed E-state index contributed by atoms with van der Waals surface area (Å²) in [6.07, 6.45) is 0.335. The first-order valence-corrected chi connectivity index (χ1v) is 8.02. The molecule has 0 fully saturated rings. The van der Waals surface area contributed by atoms with Gasteiger partial charge in [-0.3, -0.25) is 4.79 Å². The molecule has 124 valence electrons. The highest BCUT2D eigenvalue weighted by Crippen LogP contribution is 2.13. The molecule has 0 bridgehead atoms. The third-order valence-corrected chi connectivity index (χ3v) is 4.17.